The van der Waals surface area contributed by atoms with Gasteiger partial charge >= 0.3 is 0 Å². The van der Waals surface area contributed by atoms with Crippen LogP contribution in [0.15, 0.2) is 29.1 Å². The third-order valence-electron chi connectivity index (χ3n) is 6.98. The molecule has 2 aliphatic carbocycles. The molecular formula is C22H30N2O3. The van der Waals surface area contributed by atoms with Gasteiger partial charge in [-0.15, -0.1) is 0 Å². The Morgan fingerprint density at radius 2 is 1.78 bits per heavy atom. The minimum absolute atomic E-state index is 0.0493. The van der Waals surface area contributed by atoms with Crippen LogP contribution >= 0.6 is 0 Å². The van der Waals surface area contributed by atoms with E-state index >= 15 is 0 Å². The topological polar surface area (TPSA) is 85.3 Å². The first-order valence-corrected chi connectivity index (χ1v) is 10.2. The van der Waals surface area contributed by atoms with Crippen molar-refractivity contribution >= 4 is 10.9 Å². The molecule has 2 aliphatic rings. The molecule has 4 rings (SSSR count). The molecule has 5 nitrogen and oxygen atoms in total. The van der Waals surface area contributed by atoms with E-state index in [0.717, 1.165) is 29.1 Å². The van der Waals surface area contributed by atoms with Gasteiger partial charge in [-0.05, 0) is 67.1 Å². The highest BCUT2D eigenvalue weighted by Crippen LogP contribution is 2.46. The van der Waals surface area contributed by atoms with Crippen molar-refractivity contribution in [2.24, 2.45) is 23.7 Å². The van der Waals surface area contributed by atoms with Gasteiger partial charge in [0.2, 0.25) is 5.56 Å². The van der Waals surface area contributed by atoms with Gasteiger partial charge in [-0.25, -0.2) is 0 Å². The predicted octanol–water partition coefficient (Wildman–Crippen LogP) is 3.32. The molecule has 4 N–H and O–H groups in total. The average molecular weight is 370 g/mol. The van der Waals surface area contributed by atoms with Crippen molar-refractivity contribution in [2.45, 2.75) is 51.7 Å². The number of hydrogen-bond donors (Lipinski definition) is 4. The zero-order chi connectivity index (χ0) is 19.1. The van der Waals surface area contributed by atoms with E-state index in [2.05, 4.69) is 24.1 Å². The first kappa shape index (κ1) is 18.5. The Bertz CT molecular complexity index is 859. The highest BCUT2D eigenvalue weighted by molar-refractivity contribution is 5.84. The van der Waals surface area contributed by atoms with E-state index in [-0.39, 0.29) is 11.3 Å². The maximum absolute atomic E-state index is 11.5. The number of aromatic amines is 1. The van der Waals surface area contributed by atoms with Crippen molar-refractivity contribution in [1.82, 2.24) is 10.3 Å². The van der Waals surface area contributed by atoms with E-state index in [1.807, 2.05) is 0 Å². The number of fused-ring (bicyclic) bond motifs is 2. The van der Waals surface area contributed by atoms with Crippen molar-refractivity contribution in [1.29, 1.82) is 0 Å². The lowest BCUT2D eigenvalue weighted by Crippen LogP contribution is -2.31. The van der Waals surface area contributed by atoms with E-state index in [0.29, 0.717) is 23.7 Å². The monoisotopic (exact) mass is 370 g/mol. The molecule has 0 spiro atoms. The molecule has 1 aromatic heterocycles. The minimum Gasteiger partial charge on any atom is -0.508 e. The Balaban J connectivity index is 1.44. The number of H-pyrrole nitrogens is 1. The zero-order valence-corrected chi connectivity index (χ0v) is 16.1. The third kappa shape index (κ3) is 3.76. The van der Waals surface area contributed by atoms with Gasteiger partial charge in [0.15, 0.2) is 0 Å². The van der Waals surface area contributed by atoms with Crippen LogP contribution in [-0.2, 0) is 0 Å². The molecule has 5 heteroatoms. The van der Waals surface area contributed by atoms with Gasteiger partial charge in [0, 0.05) is 30.1 Å². The summed E-state index contributed by atoms with van der Waals surface area (Å²) in [7, 11) is 0. The van der Waals surface area contributed by atoms with Crippen LogP contribution in [0, 0.1) is 23.7 Å². The van der Waals surface area contributed by atoms with Gasteiger partial charge in [-0.1, -0.05) is 13.8 Å². The molecule has 2 saturated carbocycles. The summed E-state index contributed by atoms with van der Waals surface area (Å²) >= 11 is 0. The Hall–Kier alpha value is -1.85. The standard InChI is InChI=1S/C22H30N2O3/c1-12-5-14-7-16(8-15(14)6-13(12)2)23-11-21(26)19-9-17(25)10-20-18(19)3-4-22(27)24-20/h3-4,9-10,12-16,21,23,25-26H,5-8,11H2,1-2H3,(H,24,27)/t12?,13?,14?,15?,16?,21-/m0/s1. The van der Waals surface area contributed by atoms with Crippen molar-refractivity contribution < 1.29 is 10.2 Å². The summed E-state index contributed by atoms with van der Waals surface area (Å²) in [5.74, 6) is 3.32. The third-order valence-corrected chi connectivity index (χ3v) is 6.98. The number of benzene rings is 1. The van der Waals surface area contributed by atoms with Crippen molar-refractivity contribution in [3.63, 3.8) is 0 Å². The molecule has 0 radical (unpaired) electrons. The lowest BCUT2D eigenvalue weighted by Gasteiger charge is -2.34. The van der Waals surface area contributed by atoms with Gasteiger partial charge in [0.1, 0.15) is 5.75 Å². The molecule has 0 aliphatic heterocycles. The van der Waals surface area contributed by atoms with Crippen LogP contribution in [0.1, 0.15) is 51.2 Å². The number of aromatic hydroxyl groups is 1. The fourth-order valence-electron chi connectivity index (χ4n) is 5.32. The largest absolute Gasteiger partial charge is 0.508 e. The van der Waals surface area contributed by atoms with Gasteiger partial charge in [-0.3, -0.25) is 4.79 Å². The number of aliphatic hydroxyl groups excluding tert-OH is 1. The van der Waals surface area contributed by atoms with Gasteiger partial charge in [-0.2, -0.15) is 0 Å². The number of nitrogens with one attached hydrogen (secondary N) is 2. The van der Waals surface area contributed by atoms with E-state index in [1.54, 1.807) is 12.1 Å². The fourth-order valence-corrected chi connectivity index (χ4v) is 5.32. The molecule has 0 amide bonds. The first-order chi connectivity index (χ1) is 12.9. The molecule has 5 atom stereocenters. The summed E-state index contributed by atoms with van der Waals surface area (Å²) in [4.78, 5) is 14.3. The number of pyridine rings is 1. The Morgan fingerprint density at radius 1 is 1.11 bits per heavy atom. The summed E-state index contributed by atoms with van der Waals surface area (Å²) in [5, 5.41) is 25.0. The maximum Gasteiger partial charge on any atom is 0.248 e. The zero-order valence-electron chi connectivity index (χ0n) is 16.1. The number of aromatic nitrogens is 1. The van der Waals surface area contributed by atoms with Crippen LogP contribution in [-0.4, -0.2) is 27.8 Å². The average Bonchev–Trinajstić information content (AvgIpc) is 3.00. The second-order valence-corrected chi connectivity index (χ2v) is 8.86. The second kappa shape index (κ2) is 7.28. The Kier molecular flexibility index (Phi) is 4.99. The van der Waals surface area contributed by atoms with Crippen LogP contribution in [0.5, 0.6) is 5.75 Å². The quantitative estimate of drug-likeness (QED) is 0.665. The highest BCUT2D eigenvalue weighted by Gasteiger charge is 2.40. The van der Waals surface area contributed by atoms with Gasteiger partial charge in [0.05, 0.1) is 11.6 Å². The molecular weight excluding hydrogens is 340 g/mol. The highest BCUT2D eigenvalue weighted by atomic mass is 16.3. The summed E-state index contributed by atoms with van der Waals surface area (Å²) in [6, 6.07) is 6.72. The number of phenols is 1. The number of hydrogen-bond acceptors (Lipinski definition) is 4. The van der Waals surface area contributed by atoms with E-state index in [1.165, 1.54) is 37.8 Å². The molecule has 2 fully saturated rings. The van der Waals surface area contributed by atoms with Gasteiger partial charge in [0.25, 0.3) is 0 Å². The van der Waals surface area contributed by atoms with E-state index < -0.39 is 6.10 Å². The summed E-state index contributed by atoms with van der Waals surface area (Å²) in [5.41, 5.74) is 0.974. The van der Waals surface area contributed by atoms with Crippen LogP contribution in [0.25, 0.3) is 10.9 Å². The summed E-state index contributed by atoms with van der Waals surface area (Å²) in [6.07, 6.45) is 4.32. The predicted molar refractivity (Wildman–Crippen MR) is 107 cm³/mol. The molecule has 0 saturated heterocycles. The Labute approximate surface area is 159 Å². The molecule has 2 aromatic rings. The first-order valence-electron chi connectivity index (χ1n) is 10.2. The SMILES string of the molecule is CC1CC2CC(NC[C@H](O)c3cc(O)cc4[nH]c(=O)ccc34)CC2CC1C. The second-order valence-electron chi connectivity index (χ2n) is 8.86. The van der Waals surface area contributed by atoms with Crippen LogP contribution in [0.2, 0.25) is 0 Å². The Morgan fingerprint density at radius 3 is 2.44 bits per heavy atom. The number of aliphatic hydroxyl groups is 1. The molecule has 27 heavy (non-hydrogen) atoms. The number of phenolic OH excluding ortho intramolecular Hbond substituents is 1. The number of rotatable bonds is 4. The minimum atomic E-state index is -0.731. The van der Waals surface area contributed by atoms with Crippen molar-refractivity contribution in [3.05, 3.63) is 40.2 Å². The maximum atomic E-state index is 11.5. The smallest absolute Gasteiger partial charge is 0.248 e. The van der Waals surface area contributed by atoms with Crippen molar-refractivity contribution in [2.75, 3.05) is 6.54 Å². The molecule has 4 unspecified atom stereocenters. The normalized spacial score (nSPS) is 31.7. The van der Waals surface area contributed by atoms with Gasteiger partial charge < -0.3 is 20.5 Å². The van der Waals surface area contributed by atoms with E-state index in [4.69, 9.17) is 0 Å². The van der Waals surface area contributed by atoms with Crippen LogP contribution < -0.4 is 10.9 Å². The lowest BCUT2D eigenvalue weighted by atomic mass is 9.71. The fraction of sp³-hybridized carbons (Fsp3) is 0.591. The summed E-state index contributed by atoms with van der Waals surface area (Å²) < 4.78 is 0. The summed E-state index contributed by atoms with van der Waals surface area (Å²) in [6.45, 7) is 5.21. The van der Waals surface area contributed by atoms with Crippen LogP contribution in [0.3, 0.4) is 0 Å². The molecule has 0 bridgehead atoms. The molecule has 1 heterocycles. The lowest BCUT2D eigenvalue weighted by molar-refractivity contribution is 0.157. The van der Waals surface area contributed by atoms with Crippen LogP contribution in [0.4, 0.5) is 0 Å². The van der Waals surface area contributed by atoms with Crippen molar-refractivity contribution in [3.8, 4) is 5.75 Å². The van der Waals surface area contributed by atoms with E-state index in [9.17, 15) is 15.0 Å². The molecule has 1 aromatic carbocycles. The molecule has 146 valence electrons.